The molecular weight excluding hydrogens is 290 g/mol. The lowest BCUT2D eigenvalue weighted by Crippen LogP contribution is -2.46. The minimum absolute atomic E-state index is 0.0466. The molecule has 3 rings (SSSR count). The van der Waals surface area contributed by atoms with Crippen molar-refractivity contribution in [2.24, 2.45) is 7.05 Å². The minimum atomic E-state index is -0.0466. The highest BCUT2D eigenvalue weighted by Crippen LogP contribution is 2.23. The highest BCUT2D eigenvalue weighted by Gasteiger charge is 2.26. The molecule has 0 spiro atoms. The van der Waals surface area contributed by atoms with Crippen molar-refractivity contribution in [2.45, 2.75) is 19.5 Å². The zero-order valence-electron chi connectivity index (χ0n) is 13.6. The lowest BCUT2D eigenvalue weighted by Gasteiger charge is -2.35. The Hall–Kier alpha value is -2.18. The number of piperazine rings is 1. The Morgan fingerprint density at radius 1 is 1.39 bits per heavy atom. The second-order valence-corrected chi connectivity index (χ2v) is 5.96. The van der Waals surface area contributed by atoms with Crippen LogP contribution in [0.2, 0.25) is 0 Å². The Morgan fingerprint density at radius 3 is 2.83 bits per heavy atom. The van der Waals surface area contributed by atoms with Crippen LogP contribution in [-0.2, 0) is 18.4 Å². The maximum Gasteiger partial charge on any atom is 0.221 e. The van der Waals surface area contributed by atoms with Crippen LogP contribution in [0.25, 0.3) is 0 Å². The number of imidazole rings is 1. The van der Waals surface area contributed by atoms with Crippen molar-refractivity contribution in [3.63, 3.8) is 0 Å². The van der Waals surface area contributed by atoms with Gasteiger partial charge in [-0.15, -0.1) is 0 Å². The fourth-order valence-electron chi connectivity index (χ4n) is 3.02. The number of benzene rings is 1. The summed E-state index contributed by atoms with van der Waals surface area (Å²) in [5.74, 6) is 1.04. The van der Waals surface area contributed by atoms with Gasteiger partial charge in [-0.2, -0.15) is 0 Å². The van der Waals surface area contributed by atoms with Crippen molar-refractivity contribution in [3.05, 3.63) is 48.0 Å². The van der Waals surface area contributed by atoms with Crippen molar-refractivity contribution >= 4 is 11.6 Å². The smallest absolute Gasteiger partial charge is 0.221 e. The van der Waals surface area contributed by atoms with Gasteiger partial charge in [-0.25, -0.2) is 4.98 Å². The fraction of sp³-hybridized carbons (Fsp3) is 0.412. The number of carbonyl (C=O) groups is 1. The van der Waals surface area contributed by atoms with E-state index in [-0.39, 0.29) is 11.9 Å². The van der Waals surface area contributed by atoms with Crippen LogP contribution in [0.1, 0.15) is 24.4 Å². The number of rotatable bonds is 4. The third-order valence-electron chi connectivity index (χ3n) is 4.17. The molecule has 0 bridgehead atoms. The number of aryl methyl sites for hydroxylation is 1. The molecule has 0 radical (unpaired) electrons. The molecule has 2 heterocycles. The van der Waals surface area contributed by atoms with Crippen LogP contribution in [0.3, 0.4) is 0 Å². The summed E-state index contributed by atoms with van der Waals surface area (Å²) in [5.41, 5.74) is 2.07. The lowest BCUT2D eigenvalue weighted by molar-refractivity contribution is -0.114. The first-order chi connectivity index (χ1) is 11.1. The standard InChI is InChI=1S/C17H23N5O/c1-13(23)20-15-5-3-14(4-6-15)12-22-10-7-18-11-16(22)17-19-8-9-21(17)2/h3-6,8-9,16,18H,7,10-12H2,1-2H3,(H,20,23). The van der Waals surface area contributed by atoms with Crippen molar-refractivity contribution in [1.29, 1.82) is 0 Å². The number of aromatic nitrogens is 2. The first-order valence-electron chi connectivity index (χ1n) is 7.92. The van der Waals surface area contributed by atoms with Gasteiger partial charge in [0.05, 0.1) is 6.04 Å². The van der Waals surface area contributed by atoms with Crippen molar-refractivity contribution in [1.82, 2.24) is 19.8 Å². The van der Waals surface area contributed by atoms with Crippen molar-refractivity contribution in [3.8, 4) is 0 Å². The van der Waals surface area contributed by atoms with Gasteiger partial charge in [0.15, 0.2) is 0 Å². The molecule has 1 saturated heterocycles. The first-order valence-corrected chi connectivity index (χ1v) is 7.92. The van der Waals surface area contributed by atoms with Gasteiger partial charge >= 0.3 is 0 Å². The predicted molar refractivity (Wildman–Crippen MR) is 90.0 cm³/mol. The minimum Gasteiger partial charge on any atom is -0.337 e. The molecule has 1 aromatic heterocycles. The number of hydrogen-bond acceptors (Lipinski definition) is 4. The number of anilines is 1. The van der Waals surface area contributed by atoms with Crippen LogP contribution in [0.5, 0.6) is 0 Å². The Bertz CT molecular complexity index is 664. The number of hydrogen-bond donors (Lipinski definition) is 2. The summed E-state index contributed by atoms with van der Waals surface area (Å²) in [5, 5.41) is 6.25. The Kier molecular flexibility index (Phi) is 4.73. The number of amides is 1. The number of nitrogens with zero attached hydrogens (tertiary/aromatic N) is 3. The zero-order valence-corrected chi connectivity index (χ0v) is 13.6. The number of carbonyl (C=O) groups excluding carboxylic acids is 1. The van der Waals surface area contributed by atoms with Crippen LogP contribution in [-0.4, -0.2) is 40.0 Å². The average molecular weight is 313 g/mol. The molecule has 1 aliphatic heterocycles. The van der Waals surface area contributed by atoms with E-state index in [1.807, 2.05) is 31.6 Å². The third-order valence-corrected chi connectivity index (χ3v) is 4.17. The molecule has 23 heavy (non-hydrogen) atoms. The molecule has 1 aromatic carbocycles. The Morgan fingerprint density at radius 2 is 2.17 bits per heavy atom. The molecule has 1 amide bonds. The normalized spacial score (nSPS) is 18.8. The van der Waals surface area contributed by atoms with Gasteiger partial charge in [-0.3, -0.25) is 9.69 Å². The maximum atomic E-state index is 11.1. The molecule has 2 aromatic rings. The van der Waals surface area contributed by atoms with Crippen molar-refractivity contribution < 1.29 is 4.79 Å². The second kappa shape index (κ2) is 6.93. The SMILES string of the molecule is CC(=O)Nc1ccc(CN2CCNCC2c2nccn2C)cc1. The van der Waals surface area contributed by atoms with Crippen LogP contribution in [0, 0.1) is 0 Å². The third kappa shape index (κ3) is 3.78. The van der Waals surface area contributed by atoms with Gasteiger partial charge in [-0.1, -0.05) is 12.1 Å². The van der Waals surface area contributed by atoms with Crippen LogP contribution in [0.4, 0.5) is 5.69 Å². The predicted octanol–water partition coefficient (Wildman–Crippen LogP) is 1.52. The molecule has 122 valence electrons. The van der Waals surface area contributed by atoms with Crippen LogP contribution < -0.4 is 10.6 Å². The topological polar surface area (TPSA) is 62.2 Å². The maximum absolute atomic E-state index is 11.1. The Balaban J connectivity index is 1.72. The molecule has 1 aliphatic rings. The van der Waals surface area contributed by atoms with Crippen LogP contribution >= 0.6 is 0 Å². The molecule has 6 nitrogen and oxygen atoms in total. The van der Waals surface area contributed by atoms with Gasteiger partial charge < -0.3 is 15.2 Å². The van der Waals surface area contributed by atoms with E-state index in [0.29, 0.717) is 0 Å². The molecule has 0 saturated carbocycles. The number of nitrogens with one attached hydrogen (secondary N) is 2. The highest BCUT2D eigenvalue weighted by molar-refractivity contribution is 5.88. The zero-order chi connectivity index (χ0) is 16.2. The second-order valence-electron chi connectivity index (χ2n) is 5.96. The average Bonchev–Trinajstić information content (AvgIpc) is 2.95. The summed E-state index contributed by atoms with van der Waals surface area (Å²) in [6.45, 7) is 5.29. The van der Waals surface area contributed by atoms with E-state index in [4.69, 9.17) is 0 Å². The highest BCUT2D eigenvalue weighted by atomic mass is 16.1. The van der Waals surface area contributed by atoms with E-state index in [0.717, 1.165) is 37.7 Å². The van der Waals surface area contributed by atoms with E-state index < -0.39 is 0 Å². The van der Waals surface area contributed by atoms with E-state index in [9.17, 15) is 4.79 Å². The van der Waals surface area contributed by atoms with E-state index >= 15 is 0 Å². The summed E-state index contributed by atoms with van der Waals surface area (Å²) >= 11 is 0. The van der Waals surface area contributed by atoms with E-state index in [1.54, 1.807) is 0 Å². The quantitative estimate of drug-likeness (QED) is 0.898. The molecule has 6 heteroatoms. The van der Waals surface area contributed by atoms with Gasteiger partial charge in [0.1, 0.15) is 5.82 Å². The summed E-state index contributed by atoms with van der Waals surface area (Å²) < 4.78 is 2.09. The monoisotopic (exact) mass is 313 g/mol. The van der Waals surface area contributed by atoms with E-state index in [1.165, 1.54) is 12.5 Å². The Labute approximate surface area is 136 Å². The molecular formula is C17H23N5O. The van der Waals surface area contributed by atoms with Gasteiger partial charge in [0, 0.05) is 58.2 Å². The first kappa shape index (κ1) is 15.7. The summed E-state index contributed by atoms with van der Waals surface area (Å²) in [6.07, 6.45) is 3.84. The largest absolute Gasteiger partial charge is 0.337 e. The van der Waals surface area contributed by atoms with Gasteiger partial charge in [0.2, 0.25) is 5.91 Å². The lowest BCUT2D eigenvalue weighted by atomic mass is 10.1. The summed E-state index contributed by atoms with van der Waals surface area (Å²) in [6, 6.07) is 8.33. The molecule has 1 fully saturated rings. The van der Waals surface area contributed by atoms with Gasteiger partial charge in [-0.05, 0) is 17.7 Å². The van der Waals surface area contributed by atoms with Crippen LogP contribution in [0.15, 0.2) is 36.7 Å². The molecule has 1 atom stereocenters. The van der Waals surface area contributed by atoms with Crippen molar-refractivity contribution in [2.75, 3.05) is 25.0 Å². The summed E-state index contributed by atoms with van der Waals surface area (Å²) in [4.78, 5) is 18.0. The fourth-order valence-corrected chi connectivity index (χ4v) is 3.02. The summed E-state index contributed by atoms with van der Waals surface area (Å²) in [7, 11) is 2.04. The molecule has 0 aliphatic carbocycles. The van der Waals surface area contributed by atoms with E-state index in [2.05, 4.69) is 37.2 Å². The molecule has 2 N–H and O–H groups in total. The van der Waals surface area contributed by atoms with Gasteiger partial charge in [0.25, 0.3) is 0 Å². The molecule has 1 unspecified atom stereocenters.